The van der Waals surface area contributed by atoms with E-state index in [0.29, 0.717) is 39.0 Å². The van der Waals surface area contributed by atoms with E-state index in [1.807, 2.05) is 6.07 Å². The third kappa shape index (κ3) is 6.83. The number of esters is 1. The van der Waals surface area contributed by atoms with Crippen LogP contribution in [-0.2, 0) is 14.3 Å². The maximum Gasteiger partial charge on any atom is 0.338 e. The number of nitrogens with zero attached hydrogens (tertiary/aromatic N) is 1. The van der Waals surface area contributed by atoms with Crippen LogP contribution < -0.4 is 25.5 Å². The van der Waals surface area contributed by atoms with Crippen molar-refractivity contribution in [3.05, 3.63) is 67.7 Å². The van der Waals surface area contributed by atoms with Crippen LogP contribution in [0.1, 0.15) is 31.0 Å². The fourth-order valence-corrected chi connectivity index (χ4v) is 5.19. The average molecular weight is 640 g/mol. The number of benzene rings is 2. The van der Waals surface area contributed by atoms with Crippen molar-refractivity contribution in [2.75, 3.05) is 20.3 Å². The third-order valence-corrected chi connectivity index (χ3v) is 6.25. The van der Waals surface area contributed by atoms with Crippen molar-refractivity contribution in [2.45, 2.75) is 19.9 Å². The van der Waals surface area contributed by atoms with E-state index in [-0.39, 0.29) is 13.2 Å². The number of carbonyl (C=O) groups is 2. The maximum absolute atomic E-state index is 12.7. The minimum Gasteiger partial charge on any atom is -0.495 e. The van der Waals surface area contributed by atoms with Crippen molar-refractivity contribution in [3.63, 3.8) is 0 Å². The molecule has 0 aliphatic carbocycles. The number of rotatable bonds is 9. The molecule has 0 saturated heterocycles. The number of methoxy groups -OCH3 is 1. The predicted molar refractivity (Wildman–Crippen MR) is 147 cm³/mol. The molecule has 0 radical (unpaired) electrons. The molecule has 3 rings (SSSR count). The number of hydrogen-bond acceptors (Lipinski definition) is 7. The third-order valence-electron chi connectivity index (χ3n) is 4.99. The number of halogens is 2. The van der Waals surface area contributed by atoms with Gasteiger partial charge in [0.15, 0.2) is 11.7 Å². The van der Waals surface area contributed by atoms with Crippen molar-refractivity contribution in [3.8, 4) is 11.5 Å². The molecule has 3 N–H and O–H groups in total. The summed E-state index contributed by atoms with van der Waals surface area (Å²) >= 11 is 12.1. The van der Waals surface area contributed by atoms with Crippen molar-refractivity contribution < 1.29 is 23.8 Å². The van der Waals surface area contributed by atoms with Gasteiger partial charge in [0.1, 0.15) is 11.5 Å². The Morgan fingerprint density at radius 2 is 2.00 bits per heavy atom. The molecule has 0 saturated carbocycles. The molecule has 1 aliphatic heterocycles. The first-order valence-electron chi connectivity index (χ1n) is 10.8. The van der Waals surface area contributed by atoms with Crippen LogP contribution in [0.2, 0.25) is 0 Å². The van der Waals surface area contributed by atoms with Gasteiger partial charge in [-0.05, 0) is 60.2 Å². The fourth-order valence-electron chi connectivity index (χ4n) is 3.50. The van der Waals surface area contributed by atoms with Gasteiger partial charge in [-0.15, -0.1) is 0 Å². The van der Waals surface area contributed by atoms with Crippen molar-refractivity contribution in [2.24, 2.45) is 5.10 Å². The second-order valence-corrected chi connectivity index (χ2v) is 9.60. The number of thiocarbonyl (C=S) groups is 1. The molecule has 0 bridgehead atoms. The first-order chi connectivity index (χ1) is 17.2. The molecule has 0 aromatic heterocycles. The Labute approximate surface area is 230 Å². The lowest BCUT2D eigenvalue weighted by Crippen LogP contribution is -2.45. The summed E-state index contributed by atoms with van der Waals surface area (Å²) in [5.41, 5.74) is 4.69. The number of hydrogen-bond donors (Lipinski definition) is 3. The topological polar surface area (TPSA) is 110 Å². The van der Waals surface area contributed by atoms with E-state index in [1.165, 1.54) is 6.21 Å². The first kappa shape index (κ1) is 27.6. The summed E-state index contributed by atoms with van der Waals surface area (Å²) < 4.78 is 18.0. The second-order valence-electron chi connectivity index (χ2n) is 7.42. The number of nitrogens with one attached hydrogen (secondary N) is 3. The number of para-hydroxylation sites is 1. The Bertz CT molecular complexity index is 1230. The Hall–Kier alpha value is -2.96. The van der Waals surface area contributed by atoms with Crippen molar-refractivity contribution >= 4 is 67.3 Å². The standard InChI is InChI=1S/C24H24Br2N4O5S/c1-4-34-23(32)20-13(2)28-24(36)29-21(20)16-7-5-6-8-18(16)35-12-19(31)30-27-11-14-9-15(25)10-17(26)22(14)33-3/h5-11,21H,4,12H2,1-3H3,(H,30,31)(H2,28,29,36)/t21-/m1/s1. The number of amides is 1. The highest BCUT2D eigenvalue weighted by Gasteiger charge is 2.32. The van der Waals surface area contributed by atoms with Gasteiger partial charge in [-0.1, -0.05) is 34.1 Å². The molecule has 36 heavy (non-hydrogen) atoms. The molecule has 0 unspecified atom stereocenters. The summed E-state index contributed by atoms with van der Waals surface area (Å²) in [6.45, 7) is 3.41. The van der Waals surface area contributed by atoms with Gasteiger partial charge in [-0.25, -0.2) is 10.2 Å². The van der Waals surface area contributed by atoms with Gasteiger partial charge in [0.2, 0.25) is 0 Å². The van der Waals surface area contributed by atoms with Gasteiger partial charge in [0.05, 0.1) is 36.0 Å². The Morgan fingerprint density at radius 1 is 1.25 bits per heavy atom. The normalized spacial score (nSPS) is 15.2. The van der Waals surface area contributed by atoms with Gasteiger partial charge in [-0.2, -0.15) is 5.10 Å². The van der Waals surface area contributed by atoms with Gasteiger partial charge in [0, 0.05) is 21.3 Å². The molecule has 1 amide bonds. The van der Waals surface area contributed by atoms with Crippen LogP contribution in [-0.4, -0.2) is 43.5 Å². The highest BCUT2D eigenvalue weighted by molar-refractivity contribution is 9.11. The molecular weight excluding hydrogens is 616 g/mol. The smallest absolute Gasteiger partial charge is 0.338 e. The zero-order valence-electron chi connectivity index (χ0n) is 19.7. The monoisotopic (exact) mass is 638 g/mol. The molecule has 0 spiro atoms. The molecule has 0 fully saturated rings. The highest BCUT2D eigenvalue weighted by Crippen LogP contribution is 2.34. The van der Waals surface area contributed by atoms with Crippen molar-refractivity contribution in [1.29, 1.82) is 0 Å². The largest absolute Gasteiger partial charge is 0.495 e. The second kappa shape index (κ2) is 12.8. The van der Waals surface area contributed by atoms with Crippen LogP contribution in [0.3, 0.4) is 0 Å². The number of hydrazone groups is 1. The summed E-state index contributed by atoms with van der Waals surface area (Å²) in [6, 6.07) is 10.1. The van der Waals surface area contributed by atoms with Crippen LogP contribution in [0.4, 0.5) is 0 Å². The van der Waals surface area contributed by atoms with Gasteiger partial charge >= 0.3 is 5.97 Å². The predicted octanol–water partition coefficient (Wildman–Crippen LogP) is 4.11. The maximum atomic E-state index is 12.7. The average Bonchev–Trinajstić information content (AvgIpc) is 2.82. The molecule has 2 aromatic carbocycles. The number of ether oxygens (including phenoxy) is 3. The number of carbonyl (C=O) groups excluding carboxylic acids is 2. The number of allylic oxidation sites excluding steroid dienone is 1. The van der Waals surface area contributed by atoms with Crippen LogP contribution >= 0.6 is 44.1 Å². The summed E-state index contributed by atoms with van der Waals surface area (Å²) in [5.74, 6) is 0.0414. The zero-order chi connectivity index (χ0) is 26.2. The molecular formula is C24H24Br2N4O5S. The minimum absolute atomic E-state index is 0.231. The summed E-state index contributed by atoms with van der Waals surface area (Å²) in [5, 5.41) is 10.4. The summed E-state index contributed by atoms with van der Waals surface area (Å²) in [6.07, 6.45) is 1.47. The van der Waals surface area contributed by atoms with Crippen LogP contribution in [0.5, 0.6) is 11.5 Å². The lowest BCUT2D eigenvalue weighted by atomic mass is 9.95. The van der Waals surface area contributed by atoms with E-state index in [9.17, 15) is 9.59 Å². The van der Waals surface area contributed by atoms with E-state index in [2.05, 4.69) is 53.0 Å². The molecule has 1 atom stereocenters. The quantitative estimate of drug-likeness (QED) is 0.163. The van der Waals surface area contributed by atoms with E-state index in [0.717, 1.165) is 8.95 Å². The van der Waals surface area contributed by atoms with E-state index >= 15 is 0 Å². The van der Waals surface area contributed by atoms with Gasteiger partial charge in [0.25, 0.3) is 5.91 Å². The fraction of sp³-hybridized carbons (Fsp3) is 0.250. The van der Waals surface area contributed by atoms with Crippen molar-refractivity contribution in [1.82, 2.24) is 16.1 Å². The molecule has 190 valence electrons. The van der Waals surface area contributed by atoms with E-state index < -0.39 is 17.9 Å². The summed E-state index contributed by atoms with van der Waals surface area (Å²) in [7, 11) is 1.54. The molecule has 9 nitrogen and oxygen atoms in total. The highest BCUT2D eigenvalue weighted by atomic mass is 79.9. The molecule has 12 heteroatoms. The Balaban J connectivity index is 1.73. The van der Waals surface area contributed by atoms with E-state index in [1.54, 1.807) is 51.3 Å². The van der Waals surface area contributed by atoms with Crippen LogP contribution in [0.15, 0.2) is 61.7 Å². The first-order valence-corrected chi connectivity index (χ1v) is 12.8. The van der Waals surface area contributed by atoms with Crippen LogP contribution in [0, 0.1) is 0 Å². The molecule has 1 heterocycles. The Kier molecular flexibility index (Phi) is 9.85. The van der Waals surface area contributed by atoms with Gasteiger partial charge in [-0.3, -0.25) is 4.79 Å². The Morgan fingerprint density at radius 3 is 2.72 bits per heavy atom. The molecule has 1 aliphatic rings. The molecule has 2 aromatic rings. The summed E-state index contributed by atoms with van der Waals surface area (Å²) in [4.78, 5) is 25.1. The van der Waals surface area contributed by atoms with Gasteiger partial charge < -0.3 is 24.8 Å². The lowest BCUT2D eigenvalue weighted by Gasteiger charge is -2.30. The minimum atomic E-state index is -0.613. The lowest BCUT2D eigenvalue weighted by molar-refractivity contribution is -0.139. The van der Waals surface area contributed by atoms with Crippen LogP contribution in [0.25, 0.3) is 0 Å². The SMILES string of the molecule is CCOC(=O)C1=C(C)NC(=S)N[C@@H]1c1ccccc1OCC(=O)NN=Cc1cc(Br)cc(Br)c1OC. The zero-order valence-corrected chi connectivity index (χ0v) is 23.7. The van der Waals surface area contributed by atoms with E-state index in [4.69, 9.17) is 26.4 Å².